The van der Waals surface area contributed by atoms with Crippen LogP contribution in [-0.2, 0) is 16.0 Å². The van der Waals surface area contributed by atoms with Gasteiger partial charge in [-0.05, 0) is 47.4 Å². The number of carboxylic acids is 1. The van der Waals surface area contributed by atoms with E-state index >= 15 is 0 Å². The maximum atomic E-state index is 11.9. The summed E-state index contributed by atoms with van der Waals surface area (Å²) in [7, 11) is 0. The van der Waals surface area contributed by atoms with E-state index in [1.807, 2.05) is 24.3 Å². The van der Waals surface area contributed by atoms with Crippen LogP contribution in [0.25, 0.3) is 11.1 Å². The van der Waals surface area contributed by atoms with Gasteiger partial charge in [-0.1, -0.05) is 35.3 Å². The first-order valence-electron chi connectivity index (χ1n) is 7.05. The molecule has 0 aliphatic carbocycles. The third-order valence-corrected chi connectivity index (χ3v) is 4.61. The summed E-state index contributed by atoms with van der Waals surface area (Å²) in [5.41, 5.74) is 3.49. The number of halogens is 2. The molecule has 3 rings (SSSR count). The number of amides is 1. The number of nitrogens with one attached hydrogen (secondary N) is 1. The Morgan fingerprint density at radius 3 is 2.52 bits per heavy atom. The van der Waals surface area contributed by atoms with Crippen molar-refractivity contribution in [1.29, 1.82) is 0 Å². The van der Waals surface area contributed by atoms with Crippen LogP contribution in [0.4, 0.5) is 5.69 Å². The van der Waals surface area contributed by atoms with Gasteiger partial charge in [-0.15, -0.1) is 0 Å². The summed E-state index contributed by atoms with van der Waals surface area (Å²) in [4.78, 5) is 22.8. The SMILES string of the molecule is O=C(O)CC1Cc2cc(-c3ccc(Cl)c(Cl)c3)ccc2NC1=O. The van der Waals surface area contributed by atoms with Gasteiger partial charge in [0.15, 0.2) is 0 Å². The maximum absolute atomic E-state index is 11.9. The van der Waals surface area contributed by atoms with Crippen molar-refractivity contribution in [3.8, 4) is 11.1 Å². The highest BCUT2D eigenvalue weighted by molar-refractivity contribution is 6.42. The van der Waals surface area contributed by atoms with Gasteiger partial charge < -0.3 is 10.4 Å². The second-order valence-corrected chi connectivity index (χ2v) is 6.30. The molecule has 23 heavy (non-hydrogen) atoms. The number of fused-ring (bicyclic) bond motifs is 1. The Bertz CT molecular complexity index is 804. The lowest BCUT2D eigenvalue weighted by Crippen LogP contribution is -2.31. The number of anilines is 1. The van der Waals surface area contributed by atoms with E-state index in [9.17, 15) is 9.59 Å². The molecule has 1 unspecified atom stereocenters. The largest absolute Gasteiger partial charge is 0.481 e. The van der Waals surface area contributed by atoms with E-state index in [2.05, 4.69) is 5.32 Å². The lowest BCUT2D eigenvalue weighted by Gasteiger charge is -2.24. The number of rotatable bonds is 3. The minimum atomic E-state index is -0.978. The van der Waals surface area contributed by atoms with E-state index in [0.717, 1.165) is 22.4 Å². The maximum Gasteiger partial charge on any atom is 0.304 e. The second-order valence-electron chi connectivity index (χ2n) is 5.49. The highest BCUT2D eigenvalue weighted by Gasteiger charge is 2.28. The van der Waals surface area contributed by atoms with Gasteiger partial charge in [-0.2, -0.15) is 0 Å². The van der Waals surface area contributed by atoms with Gasteiger partial charge in [-0.3, -0.25) is 9.59 Å². The Hall–Kier alpha value is -2.04. The standard InChI is InChI=1S/C17H13Cl2NO3/c18-13-3-1-10(7-14(13)19)9-2-4-15-11(5-9)6-12(8-16(21)22)17(23)20-15/h1-5,7,12H,6,8H2,(H,20,23)(H,21,22). The summed E-state index contributed by atoms with van der Waals surface area (Å²) < 4.78 is 0. The quantitative estimate of drug-likeness (QED) is 0.870. The Morgan fingerprint density at radius 2 is 1.83 bits per heavy atom. The van der Waals surface area contributed by atoms with Crippen LogP contribution in [0, 0.1) is 5.92 Å². The molecule has 4 nitrogen and oxygen atoms in total. The molecule has 2 aromatic rings. The molecule has 2 N–H and O–H groups in total. The molecule has 0 fully saturated rings. The average molecular weight is 350 g/mol. The van der Waals surface area contributed by atoms with Crippen LogP contribution in [0.2, 0.25) is 10.0 Å². The van der Waals surface area contributed by atoms with Crippen molar-refractivity contribution in [2.45, 2.75) is 12.8 Å². The van der Waals surface area contributed by atoms with Crippen molar-refractivity contribution in [3.63, 3.8) is 0 Å². The number of carbonyl (C=O) groups is 2. The van der Waals surface area contributed by atoms with Crippen molar-refractivity contribution in [1.82, 2.24) is 0 Å². The summed E-state index contributed by atoms with van der Waals surface area (Å²) in [6.07, 6.45) is 0.227. The number of aliphatic carboxylic acids is 1. The molecular weight excluding hydrogens is 337 g/mol. The summed E-state index contributed by atoms with van der Waals surface area (Å²) in [5, 5.41) is 12.6. The molecule has 0 aromatic heterocycles. The van der Waals surface area contributed by atoms with Gasteiger partial charge in [0.05, 0.1) is 22.4 Å². The van der Waals surface area contributed by atoms with E-state index in [1.165, 1.54) is 0 Å². The van der Waals surface area contributed by atoms with Crippen LogP contribution in [0.3, 0.4) is 0 Å². The number of hydrogen-bond donors (Lipinski definition) is 2. The number of benzene rings is 2. The summed E-state index contributed by atoms with van der Waals surface area (Å²) in [6.45, 7) is 0. The predicted molar refractivity (Wildman–Crippen MR) is 90.0 cm³/mol. The zero-order valence-electron chi connectivity index (χ0n) is 12.0. The molecule has 0 saturated carbocycles. The van der Waals surface area contributed by atoms with E-state index in [1.54, 1.807) is 12.1 Å². The number of carbonyl (C=O) groups excluding carboxylic acids is 1. The second kappa shape index (κ2) is 6.22. The average Bonchev–Trinajstić information content (AvgIpc) is 2.50. The molecule has 0 spiro atoms. The van der Waals surface area contributed by atoms with Crippen molar-refractivity contribution in [3.05, 3.63) is 52.0 Å². The monoisotopic (exact) mass is 349 g/mol. The molecule has 1 aliphatic rings. The third-order valence-electron chi connectivity index (χ3n) is 3.87. The fourth-order valence-corrected chi connectivity index (χ4v) is 3.01. The number of hydrogen-bond acceptors (Lipinski definition) is 2. The van der Waals surface area contributed by atoms with Crippen LogP contribution in [0.5, 0.6) is 0 Å². The lowest BCUT2D eigenvalue weighted by atomic mass is 9.89. The first kappa shape index (κ1) is 15.8. The number of carboxylic acid groups (broad SMARTS) is 1. The molecular formula is C17H13Cl2NO3. The van der Waals surface area contributed by atoms with Crippen molar-refractivity contribution < 1.29 is 14.7 Å². The van der Waals surface area contributed by atoms with E-state index in [4.69, 9.17) is 28.3 Å². The first-order valence-corrected chi connectivity index (χ1v) is 7.80. The Morgan fingerprint density at radius 1 is 1.13 bits per heavy atom. The highest BCUT2D eigenvalue weighted by atomic mass is 35.5. The molecule has 1 heterocycles. The molecule has 118 valence electrons. The smallest absolute Gasteiger partial charge is 0.304 e. The van der Waals surface area contributed by atoms with Crippen LogP contribution in [-0.4, -0.2) is 17.0 Å². The van der Waals surface area contributed by atoms with Crippen molar-refractivity contribution in [2.75, 3.05) is 5.32 Å². The minimum absolute atomic E-state index is 0.178. The van der Waals surface area contributed by atoms with Crippen LogP contribution < -0.4 is 5.32 Å². The van der Waals surface area contributed by atoms with Crippen LogP contribution >= 0.6 is 23.2 Å². The van der Waals surface area contributed by atoms with Crippen LogP contribution in [0.15, 0.2) is 36.4 Å². The van der Waals surface area contributed by atoms with E-state index in [-0.39, 0.29) is 12.3 Å². The van der Waals surface area contributed by atoms with Gasteiger partial charge in [-0.25, -0.2) is 0 Å². The molecule has 1 amide bonds. The van der Waals surface area contributed by atoms with Gasteiger partial charge in [0, 0.05) is 5.69 Å². The minimum Gasteiger partial charge on any atom is -0.481 e. The van der Waals surface area contributed by atoms with Gasteiger partial charge in [0.25, 0.3) is 0 Å². The Kier molecular flexibility index (Phi) is 4.28. The normalized spacial score (nSPS) is 16.6. The summed E-state index contributed by atoms with van der Waals surface area (Å²) in [6, 6.07) is 11.0. The molecule has 0 bridgehead atoms. The van der Waals surface area contributed by atoms with Gasteiger partial charge >= 0.3 is 5.97 Å². The fourth-order valence-electron chi connectivity index (χ4n) is 2.71. The van der Waals surface area contributed by atoms with Crippen LogP contribution in [0.1, 0.15) is 12.0 Å². The van der Waals surface area contributed by atoms with Crippen molar-refractivity contribution >= 4 is 40.8 Å². The molecule has 1 aliphatic heterocycles. The molecule has 6 heteroatoms. The van der Waals surface area contributed by atoms with Crippen molar-refractivity contribution in [2.24, 2.45) is 5.92 Å². The zero-order chi connectivity index (χ0) is 16.6. The Labute approximate surface area is 143 Å². The van der Waals surface area contributed by atoms with E-state index < -0.39 is 11.9 Å². The highest BCUT2D eigenvalue weighted by Crippen LogP contribution is 2.33. The first-order chi connectivity index (χ1) is 10.9. The molecule has 0 radical (unpaired) electrons. The summed E-state index contributed by atoms with van der Waals surface area (Å²) in [5.74, 6) is -1.78. The molecule has 0 saturated heterocycles. The summed E-state index contributed by atoms with van der Waals surface area (Å²) >= 11 is 12.0. The predicted octanol–water partition coefficient (Wildman–Crippen LogP) is 4.25. The fraction of sp³-hybridized carbons (Fsp3) is 0.176. The van der Waals surface area contributed by atoms with E-state index in [0.29, 0.717) is 16.5 Å². The lowest BCUT2D eigenvalue weighted by molar-refractivity contribution is -0.140. The van der Waals surface area contributed by atoms with Gasteiger partial charge in [0.1, 0.15) is 0 Å². The Balaban J connectivity index is 1.94. The topological polar surface area (TPSA) is 66.4 Å². The third kappa shape index (κ3) is 3.33. The molecule has 2 aromatic carbocycles. The van der Waals surface area contributed by atoms with Gasteiger partial charge in [0.2, 0.25) is 5.91 Å². The molecule has 1 atom stereocenters. The zero-order valence-corrected chi connectivity index (χ0v) is 13.5.